The van der Waals surface area contributed by atoms with Gasteiger partial charge in [0.2, 0.25) is 15.9 Å². The van der Waals surface area contributed by atoms with Crippen LogP contribution in [0, 0.1) is 0 Å². The molecule has 154 valence electrons. The van der Waals surface area contributed by atoms with Gasteiger partial charge in [-0.15, -0.1) is 0 Å². The smallest absolute Gasteiger partial charge is 0.245 e. The van der Waals surface area contributed by atoms with Crippen LogP contribution in [0.2, 0.25) is 0 Å². The Hall–Kier alpha value is -2.38. The van der Waals surface area contributed by atoms with E-state index in [0.29, 0.717) is 31.1 Å². The van der Waals surface area contributed by atoms with Crippen molar-refractivity contribution in [3.63, 3.8) is 0 Å². The summed E-state index contributed by atoms with van der Waals surface area (Å²) in [5, 5.41) is 0. The lowest BCUT2D eigenvalue weighted by Gasteiger charge is -2.40. The molecular formula is C22H27N3O3S. The van der Waals surface area contributed by atoms with Gasteiger partial charge >= 0.3 is 0 Å². The first-order chi connectivity index (χ1) is 14.0. The summed E-state index contributed by atoms with van der Waals surface area (Å²) < 4.78 is 27.1. The van der Waals surface area contributed by atoms with E-state index in [4.69, 9.17) is 0 Å². The molecule has 0 saturated carbocycles. The maximum atomic E-state index is 13.1. The number of amides is 1. The van der Waals surface area contributed by atoms with Gasteiger partial charge in [-0.25, -0.2) is 8.42 Å². The highest BCUT2D eigenvalue weighted by Gasteiger charge is 2.34. The summed E-state index contributed by atoms with van der Waals surface area (Å²) >= 11 is 0. The lowest BCUT2D eigenvalue weighted by molar-refractivity contribution is -0.133. The van der Waals surface area contributed by atoms with Crippen LogP contribution in [0.3, 0.4) is 0 Å². The van der Waals surface area contributed by atoms with Gasteiger partial charge in [0.1, 0.15) is 6.04 Å². The number of carbonyl (C=O) groups is 1. The van der Waals surface area contributed by atoms with E-state index in [2.05, 4.69) is 17.0 Å². The van der Waals surface area contributed by atoms with Crippen molar-refractivity contribution in [3.8, 4) is 0 Å². The van der Waals surface area contributed by atoms with Crippen molar-refractivity contribution in [3.05, 3.63) is 60.2 Å². The average molecular weight is 414 g/mol. The molecule has 0 radical (unpaired) electrons. The molecule has 2 aliphatic heterocycles. The largest absolute Gasteiger partial charge is 0.360 e. The van der Waals surface area contributed by atoms with Gasteiger partial charge in [0.05, 0.1) is 4.90 Å². The second kappa shape index (κ2) is 8.16. The Morgan fingerprint density at radius 2 is 1.55 bits per heavy atom. The number of hydrogen-bond acceptors (Lipinski definition) is 4. The molecule has 0 aromatic heterocycles. The molecule has 4 rings (SSSR count). The van der Waals surface area contributed by atoms with Crippen LogP contribution < -0.4 is 4.90 Å². The monoisotopic (exact) mass is 413 g/mol. The minimum Gasteiger partial charge on any atom is -0.360 e. The molecule has 1 saturated heterocycles. The number of anilines is 1. The van der Waals surface area contributed by atoms with E-state index in [0.717, 1.165) is 25.1 Å². The van der Waals surface area contributed by atoms with E-state index < -0.39 is 10.0 Å². The minimum atomic E-state index is -3.51. The minimum absolute atomic E-state index is 0.0680. The van der Waals surface area contributed by atoms with Crippen LogP contribution in [0.1, 0.15) is 18.9 Å². The molecule has 0 spiro atoms. The summed E-state index contributed by atoms with van der Waals surface area (Å²) in [6.07, 6.45) is 2.08. The average Bonchev–Trinajstić information content (AvgIpc) is 2.78. The fourth-order valence-corrected chi connectivity index (χ4v) is 5.70. The van der Waals surface area contributed by atoms with Gasteiger partial charge in [0, 0.05) is 38.4 Å². The molecule has 0 bridgehead atoms. The number of fused-ring (bicyclic) bond motifs is 1. The maximum absolute atomic E-state index is 13.1. The van der Waals surface area contributed by atoms with Crippen LogP contribution >= 0.6 is 0 Å². The Balaban J connectivity index is 1.42. The normalized spacial score (nSPS) is 18.9. The van der Waals surface area contributed by atoms with Crippen molar-refractivity contribution in [2.45, 2.75) is 30.7 Å². The van der Waals surface area contributed by atoms with E-state index >= 15 is 0 Å². The molecule has 2 heterocycles. The van der Waals surface area contributed by atoms with Gasteiger partial charge in [0.25, 0.3) is 0 Å². The third kappa shape index (κ3) is 3.89. The predicted molar refractivity (Wildman–Crippen MR) is 113 cm³/mol. The van der Waals surface area contributed by atoms with E-state index in [-0.39, 0.29) is 11.9 Å². The zero-order valence-corrected chi connectivity index (χ0v) is 17.5. The number of piperazine rings is 1. The predicted octanol–water partition coefficient (Wildman–Crippen LogP) is 2.36. The van der Waals surface area contributed by atoms with Crippen molar-refractivity contribution >= 4 is 21.6 Å². The van der Waals surface area contributed by atoms with E-state index in [1.807, 2.05) is 19.1 Å². The SMILES string of the molecule is C[C@@H](C(=O)N1CCN(S(=O)(=O)c2ccccc2)CC1)N1CCCc2ccccc21. The number of aryl methyl sites for hydroxylation is 1. The Morgan fingerprint density at radius 1 is 0.897 bits per heavy atom. The zero-order chi connectivity index (χ0) is 20.4. The molecular weight excluding hydrogens is 386 g/mol. The van der Waals surface area contributed by atoms with Crippen molar-refractivity contribution in [1.29, 1.82) is 0 Å². The lowest BCUT2D eigenvalue weighted by atomic mass is 10.00. The molecule has 2 aromatic carbocycles. The molecule has 2 aromatic rings. The van der Waals surface area contributed by atoms with Crippen LogP contribution in [-0.2, 0) is 21.2 Å². The molecule has 6 nitrogen and oxygen atoms in total. The van der Waals surface area contributed by atoms with Crippen LogP contribution in [0.15, 0.2) is 59.5 Å². The Bertz CT molecular complexity index is 970. The highest BCUT2D eigenvalue weighted by Crippen LogP contribution is 2.29. The van der Waals surface area contributed by atoms with Gasteiger partial charge in [-0.1, -0.05) is 36.4 Å². The highest BCUT2D eigenvalue weighted by atomic mass is 32.2. The Morgan fingerprint density at radius 3 is 2.28 bits per heavy atom. The molecule has 2 aliphatic rings. The third-order valence-electron chi connectivity index (χ3n) is 5.90. The van der Waals surface area contributed by atoms with Gasteiger partial charge in [-0.05, 0) is 43.5 Å². The summed E-state index contributed by atoms with van der Waals surface area (Å²) in [5.74, 6) is 0.0680. The number of sulfonamides is 1. The van der Waals surface area contributed by atoms with Gasteiger partial charge in [-0.2, -0.15) is 4.31 Å². The summed E-state index contributed by atoms with van der Waals surface area (Å²) in [4.78, 5) is 17.4. The van der Waals surface area contributed by atoms with Crippen molar-refractivity contribution in [2.24, 2.45) is 0 Å². The summed E-state index contributed by atoms with van der Waals surface area (Å²) in [6.45, 7) is 4.32. The first kappa shape index (κ1) is 19.9. The molecule has 1 fully saturated rings. The Kier molecular flexibility index (Phi) is 5.61. The fourth-order valence-electron chi connectivity index (χ4n) is 4.25. The Labute approximate surface area is 172 Å². The van der Waals surface area contributed by atoms with Crippen LogP contribution in [0.5, 0.6) is 0 Å². The van der Waals surface area contributed by atoms with Crippen molar-refractivity contribution in [2.75, 3.05) is 37.6 Å². The number of carbonyl (C=O) groups excluding carboxylic acids is 1. The molecule has 1 atom stereocenters. The van der Waals surface area contributed by atoms with Crippen molar-refractivity contribution < 1.29 is 13.2 Å². The summed E-state index contributed by atoms with van der Waals surface area (Å²) in [7, 11) is -3.51. The molecule has 29 heavy (non-hydrogen) atoms. The number of hydrogen-bond donors (Lipinski definition) is 0. The van der Waals surface area contributed by atoms with E-state index in [1.165, 1.54) is 9.87 Å². The lowest BCUT2D eigenvalue weighted by Crippen LogP contribution is -2.55. The van der Waals surface area contributed by atoms with E-state index in [1.54, 1.807) is 35.2 Å². The zero-order valence-electron chi connectivity index (χ0n) is 16.7. The number of para-hydroxylation sites is 1. The molecule has 7 heteroatoms. The van der Waals surface area contributed by atoms with Gasteiger partial charge in [-0.3, -0.25) is 4.79 Å². The number of benzene rings is 2. The highest BCUT2D eigenvalue weighted by molar-refractivity contribution is 7.89. The van der Waals surface area contributed by atoms with Crippen LogP contribution in [0.4, 0.5) is 5.69 Å². The fraction of sp³-hybridized carbons (Fsp3) is 0.409. The van der Waals surface area contributed by atoms with Crippen molar-refractivity contribution in [1.82, 2.24) is 9.21 Å². The second-order valence-electron chi connectivity index (χ2n) is 7.64. The quantitative estimate of drug-likeness (QED) is 0.772. The first-order valence-corrected chi connectivity index (χ1v) is 11.6. The second-order valence-corrected chi connectivity index (χ2v) is 9.58. The third-order valence-corrected chi connectivity index (χ3v) is 7.82. The number of rotatable bonds is 4. The topological polar surface area (TPSA) is 60.9 Å². The molecule has 0 unspecified atom stereocenters. The first-order valence-electron chi connectivity index (χ1n) is 10.2. The van der Waals surface area contributed by atoms with E-state index in [9.17, 15) is 13.2 Å². The standard InChI is InChI=1S/C22H27N3O3S/c1-18(25-13-7-9-19-8-5-6-12-21(19)25)22(26)23-14-16-24(17-15-23)29(27,28)20-10-3-2-4-11-20/h2-6,8,10-12,18H,7,9,13-17H2,1H3/t18-/m0/s1. The molecule has 0 N–H and O–H groups in total. The summed E-state index contributed by atoms with van der Waals surface area (Å²) in [6, 6.07) is 16.5. The van der Waals surface area contributed by atoms with Crippen LogP contribution in [-0.4, -0.2) is 62.3 Å². The van der Waals surface area contributed by atoms with Crippen LogP contribution in [0.25, 0.3) is 0 Å². The van der Waals surface area contributed by atoms with Gasteiger partial charge in [0.15, 0.2) is 0 Å². The molecule has 0 aliphatic carbocycles. The maximum Gasteiger partial charge on any atom is 0.245 e. The summed E-state index contributed by atoms with van der Waals surface area (Å²) in [5.41, 5.74) is 2.43. The molecule has 1 amide bonds. The van der Waals surface area contributed by atoms with Gasteiger partial charge < -0.3 is 9.80 Å². The number of nitrogens with zero attached hydrogens (tertiary/aromatic N) is 3.